The SMILES string of the molecule is O=C(O)N1CCN(C(=O)C(c2ccccc2Br)C2(O)CCCCC2)CC1. The number of amides is 2. The third-order valence-corrected chi connectivity index (χ3v) is 6.30. The Morgan fingerprint density at radius 1 is 1.00 bits per heavy atom. The number of carbonyl (C=O) groups excluding carboxylic acids is 1. The lowest BCUT2D eigenvalue weighted by Crippen LogP contribution is -2.54. The molecular weight excluding hydrogens is 400 g/mol. The van der Waals surface area contributed by atoms with Gasteiger partial charge in [0.05, 0.1) is 11.5 Å². The summed E-state index contributed by atoms with van der Waals surface area (Å²) in [6, 6.07) is 7.57. The molecule has 26 heavy (non-hydrogen) atoms. The summed E-state index contributed by atoms with van der Waals surface area (Å²) in [6.45, 7) is 1.34. The van der Waals surface area contributed by atoms with E-state index < -0.39 is 17.6 Å². The number of aliphatic hydroxyl groups is 1. The first-order valence-electron chi connectivity index (χ1n) is 9.16. The predicted octanol–water partition coefficient (Wildman–Crippen LogP) is 3.05. The minimum absolute atomic E-state index is 0.105. The highest BCUT2D eigenvalue weighted by molar-refractivity contribution is 9.10. The van der Waals surface area contributed by atoms with Gasteiger partial charge in [-0.25, -0.2) is 4.79 Å². The van der Waals surface area contributed by atoms with Crippen molar-refractivity contribution in [3.8, 4) is 0 Å². The second-order valence-corrected chi connectivity index (χ2v) is 8.07. The molecule has 7 heteroatoms. The van der Waals surface area contributed by atoms with Crippen LogP contribution in [-0.2, 0) is 4.79 Å². The molecule has 1 unspecified atom stereocenters. The third-order valence-electron chi connectivity index (χ3n) is 5.58. The summed E-state index contributed by atoms with van der Waals surface area (Å²) in [6.07, 6.45) is 3.18. The van der Waals surface area contributed by atoms with E-state index in [0.717, 1.165) is 29.3 Å². The van der Waals surface area contributed by atoms with Gasteiger partial charge < -0.3 is 20.0 Å². The highest BCUT2D eigenvalue weighted by Crippen LogP contribution is 2.43. The van der Waals surface area contributed by atoms with Gasteiger partial charge in [0.15, 0.2) is 0 Å². The molecule has 2 amide bonds. The minimum Gasteiger partial charge on any atom is -0.465 e. The van der Waals surface area contributed by atoms with Crippen LogP contribution in [0.3, 0.4) is 0 Å². The fraction of sp³-hybridized carbons (Fsp3) is 0.579. The maximum atomic E-state index is 13.4. The summed E-state index contributed by atoms with van der Waals surface area (Å²) in [4.78, 5) is 27.5. The molecule has 0 spiro atoms. The molecule has 1 aliphatic heterocycles. The quantitative estimate of drug-likeness (QED) is 0.780. The number of benzene rings is 1. The Bertz CT molecular complexity index is 667. The Morgan fingerprint density at radius 3 is 2.15 bits per heavy atom. The zero-order valence-electron chi connectivity index (χ0n) is 14.7. The Hall–Kier alpha value is -1.60. The zero-order chi connectivity index (χ0) is 18.7. The van der Waals surface area contributed by atoms with E-state index in [1.165, 1.54) is 4.90 Å². The summed E-state index contributed by atoms with van der Waals surface area (Å²) in [5.74, 6) is -0.735. The lowest BCUT2D eigenvalue weighted by Gasteiger charge is -2.42. The van der Waals surface area contributed by atoms with Gasteiger partial charge in [0.1, 0.15) is 0 Å². The van der Waals surface area contributed by atoms with Crippen LogP contribution in [-0.4, -0.2) is 63.8 Å². The van der Waals surface area contributed by atoms with Crippen LogP contribution < -0.4 is 0 Å². The number of carbonyl (C=O) groups is 2. The molecule has 3 rings (SSSR count). The van der Waals surface area contributed by atoms with Crippen LogP contribution in [0, 0.1) is 0 Å². The second kappa shape index (κ2) is 7.96. The fourth-order valence-electron chi connectivity index (χ4n) is 4.11. The Labute approximate surface area is 161 Å². The van der Waals surface area contributed by atoms with Gasteiger partial charge in [0.25, 0.3) is 0 Å². The molecule has 2 fully saturated rings. The van der Waals surface area contributed by atoms with Gasteiger partial charge in [0, 0.05) is 30.7 Å². The summed E-state index contributed by atoms with van der Waals surface area (Å²) in [5, 5.41) is 20.5. The molecule has 1 heterocycles. The van der Waals surface area contributed by atoms with Crippen LogP contribution in [0.2, 0.25) is 0 Å². The first-order valence-corrected chi connectivity index (χ1v) is 9.95. The molecule has 0 bridgehead atoms. The van der Waals surface area contributed by atoms with Crippen molar-refractivity contribution in [2.45, 2.75) is 43.6 Å². The van der Waals surface area contributed by atoms with Crippen LogP contribution >= 0.6 is 15.9 Å². The topological polar surface area (TPSA) is 81.1 Å². The lowest BCUT2D eigenvalue weighted by molar-refractivity contribution is -0.143. The van der Waals surface area contributed by atoms with E-state index in [1.54, 1.807) is 4.90 Å². The molecule has 1 saturated carbocycles. The van der Waals surface area contributed by atoms with Gasteiger partial charge in [-0.05, 0) is 24.5 Å². The maximum Gasteiger partial charge on any atom is 0.407 e. The van der Waals surface area contributed by atoms with Gasteiger partial charge in [0.2, 0.25) is 5.91 Å². The van der Waals surface area contributed by atoms with E-state index in [0.29, 0.717) is 39.0 Å². The second-order valence-electron chi connectivity index (χ2n) is 7.21. The van der Waals surface area contributed by atoms with Gasteiger partial charge >= 0.3 is 6.09 Å². The van der Waals surface area contributed by atoms with Crippen molar-refractivity contribution >= 4 is 27.9 Å². The first kappa shape index (κ1) is 19.2. The molecule has 0 aromatic heterocycles. The Balaban J connectivity index is 1.87. The molecule has 142 valence electrons. The normalized spacial score (nSPS) is 21.3. The van der Waals surface area contributed by atoms with Crippen LogP contribution in [0.5, 0.6) is 0 Å². The summed E-state index contributed by atoms with van der Waals surface area (Å²) < 4.78 is 0.821. The molecule has 1 saturated heterocycles. The van der Waals surface area contributed by atoms with Crippen molar-refractivity contribution < 1.29 is 19.8 Å². The summed E-state index contributed by atoms with van der Waals surface area (Å²) >= 11 is 3.54. The number of hydrogen-bond donors (Lipinski definition) is 2. The van der Waals surface area contributed by atoms with E-state index in [9.17, 15) is 14.7 Å². The molecule has 2 N–H and O–H groups in total. The standard InChI is InChI=1S/C19H25BrN2O4/c20-15-7-3-2-6-14(15)16(19(26)8-4-1-5-9-19)17(23)21-10-12-22(13-11-21)18(24)25/h2-3,6-7,16,26H,1,4-5,8-13H2,(H,24,25). The number of halogens is 1. The number of piperazine rings is 1. The minimum atomic E-state index is -1.05. The molecule has 1 aromatic rings. The summed E-state index contributed by atoms with van der Waals surface area (Å²) in [7, 11) is 0. The smallest absolute Gasteiger partial charge is 0.407 e. The molecule has 0 radical (unpaired) electrons. The zero-order valence-corrected chi connectivity index (χ0v) is 16.3. The Morgan fingerprint density at radius 2 is 1.58 bits per heavy atom. The van der Waals surface area contributed by atoms with Gasteiger partial charge in [-0.3, -0.25) is 4.79 Å². The molecule has 6 nitrogen and oxygen atoms in total. The summed E-state index contributed by atoms with van der Waals surface area (Å²) in [5.41, 5.74) is -0.245. The van der Waals surface area contributed by atoms with E-state index in [-0.39, 0.29) is 5.91 Å². The van der Waals surface area contributed by atoms with E-state index in [1.807, 2.05) is 24.3 Å². The van der Waals surface area contributed by atoms with E-state index in [4.69, 9.17) is 5.11 Å². The number of nitrogens with zero attached hydrogens (tertiary/aromatic N) is 2. The highest BCUT2D eigenvalue weighted by atomic mass is 79.9. The largest absolute Gasteiger partial charge is 0.465 e. The molecule has 1 atom stereocenters. The average molecular weight is 425 g/mol. The van der Waals surface area contributed by atoms with Crippen molar-refractivity contribution in [3.63, 3.8) is 0 Å². The van der Waals surface area contributed by atoms with Crippen LogP contribution in [0.4, 0.5) is 4.79 Å². The lowest BCUT2D eigenvalue weighted by atomic mass is 9.72. The van der Waals surface area contributed by atoms with Crippen LogP contribution in [0.1, 0.15) is 43.6 Å². The number of hydrogen-bond acceptors (Lipinski definition) is 3. The van der Waals surface area contributed by atoms with Gasteiger partial charge in [-0.2, -0.15) is 0 Å². The van der Waals surface area contributed by atoms with Crippen LogP contribution in [0.15, 0.2) is 28.7 Å². The van der Waals surface area contributed by atoms with Gasteiger partial charge in [-0.1, -0.05) is 53.4 Å². The Kier molecular flexibility index (Phi) is 5.87. The van der Waals surface area contributed by atoms with Crippen molar-refractivity contribution in [1.82, 2.24) is 9.80 Å². The van der Waals surface area contributed by atoms with Crippen molar-refractivity contribution in [2.24, 2.45) is 0 Å². The van der Waals surface area contributed by atoms with E-state index >= 15 is 0 Å². The fourth-order valence-corrected chi connectivity index (χ4v) is 4.63. The van der Waals surface area contributed by atoms with Gasteiger partial charge in [-0.15, -0.1) is 0 Å². The van der Waals surface area contributed by atoms with Crippen molar-refractivity contribution in [3.05, 3.63) is 34.3 Å². The van der Waals surface area contributed by atoms with Crippen LogP contribution in [0.25, 0.3) is 0 Å². The maximum absolute atomic E-state index is 13.4. The van der Waals surface area contributed by atoms with E-state index in [2.05, 4.69) is 15.9 Å². The highest BCUT2D eigenvalue weighted by Gasteiger charge is 2.45. The molecule has 1 aliphatic carbocycles. The monoisotopic (exact) mass is 424 g/mol. The van der Waals surface area contributed by atoms with Crippen molar-refractivity contribution in [1.29, 1.82) is 0 Å². The number of rotatable bonds is 3. The number of carboxylic acid groups (broad SMARTS) is 1. The molecule has 2 aliphatic rings. The third kappa shape index (κ3) is 3.88. The molecular formula is C19H25BrN2O4. The molecule has 1 aromatic carbocycles. The predicted molar refractivity (Wildman–Crippen MR) is 101 cm³/mol. The van der Waals surface area contributed by atoms with Crippen molar-refractivity contribution in [2.75, 3.05) is 26.2 Å². The average Bonchev–Trinajstić information content (AvgIpc) is 2.64. The first-order chi connectivity index (χ1) is 12.4.